The summed E-state index contributed by atoms with van der Waals surface area (Å²) in [5.74, 6) is 0.611. The molecule has 0 N–H and O–H groups in total. The van der Waals surface area contributed by atoms with Crippen LogP contribution in [0.5, 0.6) is 0 Å². The molecule has 0 radical (unpaired) electrons. The molecule has 0 aliphatic carbocycles. The fourth-order valence-electron chi connectivity index (χ4n) is 2.65. The fourth-order valence-corrected chi connectivity index (χ4v) is 3.52. The summed E-state index contributed by atoms with van der Waals surface area (Å²) in [5, 5.41) is 6.99. The van der Waals surface area contributed by atoms with Crippen LogP contribution in [0.4, 0.5) is 0 Å². The second kappa shape index (κ2) is 6.14. The van der Waals surface area contributed by atoms with E-state index in [1.54, 1.807) is 4.57 Å². The normalized spacial score (nSPS) is 11.0. The maximum absolute atomic E-state index is 12.9. The Bertz CT molecular complexity index is 1070. The van der Waals surface area contributed by atoms with Gasteiger partial charge in [0.25, 0.3) is 0 Å². The minimum atomic E-state index is -0.213. The van der Waals surface area contributed by atoms with Gasteiger partial charge in [-0.05, 0) is 26.0 Å². The average molecular weight is 348 g/mol. The van der Waals surface area contributed by atoms with Crippen LogP contribution in [0.2, 0.25) is 0 Å². The molecular formula is C19H16N4OS. The first-order valence-electron chi connectivity index (χ1n) is 7.90. The minimum Gasteiger partial charge on any atom is -0.245 e. The maximum atomic E-state index is 12.9. The van der Waals surface area contributed by atoms with Crippen LogP contribution in [0, 0.1) is 13.8 Å². The average Bonchev–Trinajstić information content (AvgIpc) is 3.21. The number of aromatic nitrogens is 4. The van der Waals surface area contributed by atoms with E-state index < -0.39 is 0 Å². The van der Waals surface area contributed by atoms with E-state index in [1.807, 2.05) is 73.8 Å². The molecule has 0 atom stereocenters. The lowest BCUT2D eigenvalue weighted by Gasteiger charge is -1.99. The van der Waals surface area contributed by atoms with E-state index in [0.717, 1.165) is 22.5 Å². The number of hydrogen-bond acceptors (Lipinski definition) is 4. The standard InChI is InChI=1S/C19H16N4OS/c1-13-8-10-16(11-9-13)23-19(24)22(14(2)21-23)18-20-17(12-25-18)15-6-4-3-5-7-15/h3-12H,1-2H3. The van der Waals surface area contributed by atoms with Gasteiger partial charge in [0.05, 0.1) is 11.4 Å². The molecule has 5 nitrogen and oxygen atoms in total. The largest absolute Gasteiger partial charge is 0.357 e. The number of hydrogen-bond donors (Lipinski definition) is 0. The highest BCUT2D eigenvalue weighted by atomic mass is 32.1. The number of rotatable bonds is 3. The van der Waals surface area contributed by atoms with Crippen LogP contribution in [0.15, 0.2) is 64.8 Å². The number of benzene rings is 2. The number of nitrogens with zero attached hydrogens (tertiary/aromatic N) is 4. The van der Waals surface area contributed by atoms with Gasteiger partial charge in [0.15, 0.2) is 5.13 Å². The third-order valence-corrected chi connectivity index (χ3v) is 4.80. The molecule has 4 rings (SSSR count). The van der Waals surface area contributed by atoms with E-state index in [2.05, 4.69) is 10.1 Å². The van der Waals surface area contributed by atoms with Crippen LogP contribution >= 0.6 is 11.3 Å². The Morgan fingerprint density at radius 2 is 1.68 bits per heavy atom. The van der Waals surface area contributed by atoms with Crippen molar-refractivity contribution < 1.29 is 0 Å². The zero-order valence-corrected chi connectivity index (χ0v) is 14.7. The Balaban J connectivity index is 1.78. The molecule has 0 fully saturated rings. The summed E-state index contributed by atoms with van der Waals surface area (Å²) < 4.78 is 2.97. The molecule has 0 bridgehead atoms. The predicted octanol–water partition coefficient (Wildman–Crippen LogP) is 3.76. The molecule has 0 spiro atoms. The van der Waals surface area contributed by atoms with Gasteiger partial charge < -0.3 is 0 Å². The zero-order valence-electron chi connectivity index (χ0n) is 13.9. The van der Waals surface area contributed by atoms with Gasteiger partial charge in [-0.15, -0.1) is 16.4 Å². The third-order valence-electron chi connectivity index (χ3n) is 3.97. The van der Waals surface area contributed by atoms with Crippen LogP contribution in [0.25, 0.3) is 22.1 Å². The summed E-state index contributed by atoms with van der Waals surface area (Å²) in [6, 6.07) is 17.6. The summed E-state index contributed by atoms with van der Waals surface area (Å²) in [6.45, 7) is 3.83. The molecule has 25 heavy (non-hydrogen) atoms. The molecule has 0 aliphatic rings. The SMILES string of the molecule is Cc1ccc(-n2nc(C)n(-c3nc(-c4ccccc4)cs3)c2=O)cc1. The number of thiazole rings is 1. The highest BCUT2D eigenvalue weighted by molar-refractivity contribution is 7.12. The van der Waals surface area contributed by atoms with E-state index in [0.29, 0.717) is 11.0 Å². The van der Waals surface area contributed by atoms with Crippen LogP contribution in [-0.2, 0) is 0 Å². The van der Waals surface area contributed by atoms with Gasteiger partial charge in [0.1, 0.15) is 5.82 Å². The van der Waals surface area contributed by atoms with Crippen LogP contribution < -0.4 is 5.69 Å². The lowest BCUT2D eigenvalue weighted by molar-refractivity contribution is 0.825. The molecule has 0 unspecified atom stereocenters. The van der Waals surface area contributed by atoms with Crippen molar-refractivity contribution in [2.45, 2.75) is 13.8 Å². The van der Waals surface area contributed by atoms with Gasteiger partial charge in [-0.25, -0.2) is 14.3 Å². The lowest BCUT2D eigenvalue weighted by atomic mass is 10.2. The first kappa shape index (κ1) is 15.5. The summed E-state index contributed by atoms with van der Waals surface area (Å²) in [7, 11) is 0. The van der Waals surface area contributed by atoms with E-state index in [9.17, 15) is 4.79 Å². The molecular weight excluding hydrogens is 332 g/mol. The van der Waals surface area contributed by atoms with Gasteiger partial charge in [-0.2, -0.15) is 4.68 Å². The molecule has 2 heterocycles. The Morgan fingerprint density at radius 1 is 0.960 bits per heavy atom. The van der Waals surface area contributed by atoms with Crippen molar-refractivity contribution in [1.29, 1.82) is 0 Å². The van der Waals surface area contributed by atoms with E-state index in [-0.39, 0.29) is 5.69 Å². The van der Waals surface area contributed by atoms with Gasteiger partial charge in [-0.1, -0.05) is 48.0 Å². The second-order valence-corrected chi connectivity index (χ2v) is 6.63. The zero-order chi connectivity index (χ0) is 17.4. The van der Waals surface area contributed by atoms with Crippen molar-refractivity contribution >= 4 is 11.3 Å². The molecule has 0 amide bonds. The van der Waals surface area contributed by atoms with Crippen molar-refractivity contribution in [1.82, 2.24) is 19.3 Å². The van der Waals surface area contributed by atoms with Crippen molar-refractivity contribution in [3.63, 3.8) is 0 Å². The summed E-state index contributed by atoms with van der Waals surface area (Å²) in [6.07, 6.45) is 0. The Labute approximate surface area is 148 Å². The first-order chi connectivity index (χ1) is 12.1. The number of aryl methyl sites for hydroxylation is 2. The Hall–Kier alpha value is -2.99. The van der Waals surface area contributed by atoms with Gasteiger partial charge >= 0.3 is 5.69 Å². The smallest absolute Gasteiger partial charge is 0.245 e. The molecule has 2 aromatic carbocycles. The quantitative estimate of drug-likeness (QED) is 0.566. The van der Waals surface area contributed by atoms with Gasteiger partial charge in [-0.3, -0.25) is 0 Å². The van der Waals surface area contributed by atoms with Gasteiger partial charge in [0.2, 0.25) is 0 Å². The van der Waals surface area contributed by atoms with E-state index in [1.165, 1.54) is 16.0 Å². The summed E-state index contributed by atoms with van der Waals surface area (Å²) in [4.78, 5) is 17.5. The van der Waals surface area contributed by atoms with Crippen molar-refractivity contribution in [2.75, 3.05) is 0 Å². The third kappa shape index (κ3) is 2.81. The molecule has 2 aromatic heterocycles. The molecule has 4 aromatic rings. The summed E-state index contributed by atoms with van der Waals surface area (Å²) >= 11 is 1.44. The minimum absolute atomic E-state index is 0.213. The first-order valence-corrected chi connectivity index (χ1v) is 8.78. The monoisotopic (exact) mass is 348 g/mol. The molecule has 0 saturated heterocycles. The molecule has 124 valence electrons. The molecule has 0 saturated carbocycles. The molecule has 0 aliphatic heterocycles. The van der Waals surface area contributed by atoms with E-state index >= 15 is 0 Å². The van der Waals surface area contributed by atoms with E-state index in [4.69, 9.17) is 0 Å². The Morgan fingerprint density at radius 3 is 2.40 bits per heavy atom. The fraction of sp³-hybridized carbons (Fsp3) is 0.105. The Kier molecular flexibility index (Phi) is 3.82. The maximum Gasteiger partial charge on any atom is 0.357 e. The van der Waals surface area contributed by atoms with Crippen LogP contribution in [0.3, 0.4) is 0 Å². The molecule has 6 heteroatoms. The van der Waals surface area contributed by atoms with Gasteiger partial charge in [0, 0.05) is 10.9 Å². The second-order valence-electron chi connectivity index (χ2n) is 5.79. The van der Waals surface area contributed by atoms with Crippen molar-refractivity contribution in [3.8, 4) is 22.1 Å². The topological polar surface area (TPSA) is 52.7 Å². The summed E-state index contributed by atoms with van der Waals surface area (Å²) in [5.41, 5.74) is 3.56. The highest BCUT2D eigenvalue weighted by Gasteiger charge is 2.16. The predicted molar refractivity (Wildman–Crippen MR) is 99.7 cm³/mol. The van der Waals surface area contributed by atoms with Crippen molar-refractivity contribution in [2.24, 2.45) is 0 Å². The lowest BCUT2D eigenvalue weighted by Crippen LogP contribution is -2.22. The van der Waals surface area contributed by atoms with Crippen LogP contribution in [0.1, 0.15) is 11.4 Å². The van der Waals surface area contributed by atoms with Crippen molar-refractivity contribution in [3.05, 3.63) is 81.8 Å². The van der Waals surface area contributed by atoms with Crippen LogP contribution in [-0.4, -0.2) is 19.3 Å². The highest BCUT2D eigenvalue weighted by Crippen LogP contribution is 2.23.